The minimum Gasteiger partial charge on any atom is -0.366 e. The number of hydrogen-bond acceptors (Lipinski definition) is 5. The highest BCUT2D eigenvalue weighted by Gasteiger charge is 2.27. The summed E-state index contributed by atoms with van der Waals surface area (Å²) in [7, 11) is -3.52. The Kier molecular flexibility index (Phi) is 5.94. The van der Waals surface area contributed by atoms with Gasteiger partial charge in [0.05, 0.1) is 10.5 Å². The van der Waals surface area contributed by atoms with Gasteiger partial charge in [-0.05, 0) is 56.5 Å². The van der Waals surface area contributed by atoms with E-state index in [9.17, 15) is 13.2 Å². The maximum Gasteiger partial charge on any atom is 0.250 e. The molecule has 1 fully saturated rings. The number of aromatic nitrogens is 3. The predicted molar refractivity (Wildman–Crippen MR) is 123 cm³/mol. The van der Waals surface area contributed by atoms with Crippen LogP contribution in [-0.2, 0) is 14.8 Å². The van der Waals surface area contributed by atoms with Crippen LogP contribution in [-0.4, -0.2) is 46.5 Å². The topological polar surface area (TPSA) is 111 Å². The fourth-order valence-corrected chi connectivity index (χ4v) is 5.39. The Hall–Kier alpha value is -3.30. The Morgan fingerprint density at radius 1 is 1.03 bits per heavy atom. The standard InChI is InChI=1S/C23H25N5O3S/c1-16-11-17(2)13-19(12-16)23-25-15-27(26-23)14-21(22(24)29)18-5-7-20(8-6-18)32(30,31)28-9-3-4-10-28/h5-8,11-15H,3-4,9-10H2,1-2H3,(H2,24,29)/b21-14+. The van der Waals surface area contributed by atoms with E-state index >= 15 is 0 Å². The van der Waals surface area contributed by atoms with Crippen LogP contribution < -0.4 is 5.73 Å². The summed E-state index contributed by atoms with van der Waals surface area (Å²) >= 11 is 0. The third-order valence-electron chi connectivity index (χ3n) is 5.38. The van der Waals surface area contributed by atoms with E-state index in [2.05, 4.69) is 16.1 Å². The van der Waals surface area contributed by atoms with Crippen LogP contribution in [0.4, 0.5) is 0 Å². The van der Waals surface area contributed by atoms with Gasteiger partial charge in [0.15, 0.2) is 5.82 Å². The molecule has 1 saturated heterocycles. The third-order valence-corrected chi connectivity index (χ3v) is 7.30. The summed E-state index contributed by atoms with van der Waals surface area (Å²) in [6.07, 6.45) is 4.73. The van der Waals surface area contributed by atoms with Gasteiger partial charge in [-0.3, -0.25) is 4.79 Å². The Bertz CT molecular complexity index is 1270. The van der Waals surface area contributed by atoms with Crippen molar-refractivity contribution in [2.24, 2.45) is 5.73 Å². The van der Waals surface area contributed by atoms with Crippen LogP contribution in [0.1, 0.15) is 29.5 Å². The van der Waals surface area contributed by atoms with E-state index in [1.807, 2.05) is 26.0 Å². The second-order valence-electron chi connectivity index (χ2n) is 7.97. The lowest BCUT2D eigenvalue weighted by molar-refractivity contribution is -0.112. The van der Waals surface area contributed by atoms with Gasteiger partial charge in [0.25, 0.3) is 5.91 Å². The maximum atomic E-state index is 12.7. The van der Waals surface area contributed by atoms with Crippen molar-refractivity contribution in [1.29, 1.82) is 0 Å². The maximum absolute atomic E-state index is 12.7. The van der Waals surface area contributed by atoms with Crippen LogP contribution in [0.25, 0.3) is 23.2 Å². The number of nitrogens with two attached hydrogens (primary N) is 1. The summed E-state index contributed by atoms with van der Waals surface area (Å²) in [5.41, 5.74) is 9.40. The summed E-state index contributed by atoms with van der Waals surface area (Å²) in [5.74, 6) is -0.118. The number of rotatable bonds is 6. The first-order valence-corrected chi connectivity index (χ1v) is 11.8. The molecular weight excluding hydrogens is 426 g/mol. The van der Waals surface area contributed by atoms with Gasteiger partial charge in [0.2, 0.25) is 10.0 Å². The Morgan fingerprint density at radius 3 is 2.25 bits per heavy atom. The molecule has 3 aromatic rings. The van der Waals surface area contributed by atoms with Gasteiger partial charge >= 0.3 is 0 Å². The lowest BCUT2D eigenvalue weighted by Crippen LogP contribution is -2.27. The van der Waals surface area contributed by atoms with Gasteiger partial charge in [0.1, 0.15) is 6.33 Å². The lowest BCUT2D eigenvalue weighted by Gasteiger charge is -2.15. The lowest BCUT2D eigenvalue weighted by atomic mass is 10.1. The van der Waals surface area contributed by atoms with Crippen LogP contribution >= 0.6 is 0 Å². The van der Waals surface area contributed by atoms with Crippen molar-refractivity contribution in [1.82, 2.24) is 19.1 Å². The largest absolute Gasteiger partial charge is 0.366 e. The minimum absolute atomic E-state index is 0.199. The van der Waals surface area contributed by atoms with Crippen molar-refractivity contribution in [2.45, 2.75) is 31.6 Å². The number of sulfonamides is 1. The first-order valence-electron chi connectivity index (χ1n) is 10.4. The molecule has 9 heteroatoms. The molecule has 0 unspecified atom stereocenters. The number of primary amides is 1. The van der Waals surface area contributed by atoms with E-state index in [1.165, 1.54) is 33.6 Å². The number of hydrogen-bond donors (Lipinski definition) is 1. The van der Waals surface area contributed by atoms with Gasteiger partial charge in [-0.25, -0.2) is 18.1 Å². The molecule has 0 radical (unpaired) electrons. The van der Waals surface area contributed by atoms with Crippen molar-refractivity contribution in [3.63, 3.8) is 0 Å². The molecule has 1 amide bonds. The second kappa shape index (κ2) is 8.68. The molecule has 0 aliphatic carbocycles. The number of amides is 1. The summed E-state index contributed by atoms with van der Waals surface area (Å²) in [5, 5.41) is 4.44. The zero-order valence-electron chi connectivity index (χ0n) is 18.0. The molecule has 0 saturated carbocycles. The summed E-state index contributed by atoms with van der Waals surface area (Å²) < 4.78 is 28.4. The summed E-state index contributed by atoms with van der Waals surface area (Å²) in [6.45, 7) is 5.08. The fraction of sp³-hybridized carbons (Fsp3) is 0.261. The van der Waals surface area contributed by atoms with Crippen molar-refractivity contribution in [2.75, 3.05) is 13.1 Å². The van der Waals surface area contributed by atoms with E-state index in [0.717, 1.165) is 29.5 Å². The third kappa shape index (κ3) is 4.49. The van der Waals surface area contributed by atoms with Crippen molar-refractivity contribution >= 4 is 27.7 Å². The Morgan fingerprint density at radius 2 is 1.66 bits per heavy atom. The van der Waals surface area contributed by atoms with Gasteiger partial charge < -0.3 is 5.73 Å². The molecule has 1 aliphatic rings. The number of carbonyl (C=O) groups is 1. The molecule has 2 heterocycles. The first kappa shape index (κ1) is 21.9. The average Bonchev–Trinajstić information content (AvgIpc) is 3.44. The number of benzene rings is 2. The average molecular weight is 452 g/mol. The highest BCUT2D eigenvalue weighted by Crippen LogP contribution is 2.24. The first-order chi connectivity index (χ1) is 15.2. The summed E-state index contributed by atoms with van der Waals surface area (Å²) in [4.78, 5) is 16.7. The molecule has 8 nitrogen and oxygen atoms in total. The molecule has 4 rings (SSSR count). The van der Waals surface area contributed by atoms with Gasteiger partial charge in [-0.2, -0.15) is 4.31 Å². The summed E-state index contributed by atoms with van der Waals surface area (Å²) in [6, 6.07) is 12.2. The Balaban J connectivity index is 1.63. The van der Waals surface area contributed by atoms with Crippen molar-refractivity contribution in [3.05, 3.63) is 65.5 Å². The zero-order valence-corrected chi connectivity index (χ0v) is 18.8. The monoisotopic (exact) mass is 451 g/mol. The van der Waals surface area contributed by atoms with Crippen LogP contribution in [0.2, 0.25) is 0 Å². The van der Waals surface area contributed by atoms with Crippen molar-refractivity contribution in [3.8, 4) is 11.4 Å². The van der Waals surface area contributed by atoms with E-state index in [0.29, 0.717) is 24.5 Å². The Labute approximate surface area is 187 Å². The van der Waals surface area contributed by atoms with E-state index < -0.39 is 15.9 Å². The molecule has 32 heavy (non-hydrogen) atoms. The number of aryl methyl sites for hydroxylation is 2. The molecule has 1 aliphatic heterocycles. The minimum atomic E-state index is -3.52. The van der Waals surface area contributed by atoms with Gasteiger partial charge in [-0.1, -0.05) is 29.3 Å². The highest BCUT2D eigenvalue weighted by atomic mass is 32.2. The molecule has 166 valence electrons. The van der Waals surface area contributed by atoms with E-state index in [-0.39, 0.29) is 10.5 Å². The second-order valence-corrected chi connectivity index (χ2v) is 9.91. The van der Waals surface area contributed by atoms with E-state index in [1.54, 1.807) is 12.1 Å². The molecule has 0 atom stereocenters. The molecule has 0 bridgehead atoms. The molecule has 1 aromatic heterocycles. The fourth-order valence-electron chi connectivity index (χ4n) is 3.87. The highest BCUT2D eigenvalue weighted by molar-refractivity contribution is 7.89. The number of nitrogens with zero attached hydrogens (tertiary/aromatic N) is 4. The smallest absolute Gasteiger partial charge is 0.250 e. The quantitative estimate of drug-likeness (QED) is 0.579. The normalized spacial score (nSPS) is 15.2. The number of carbonyl (C=O) groups excluding carboxylic acids is 1. The van der Waals surface area contributed by atoms with Gasteiger partial charge in [-0.15, -0.1) is 5.10 Å². The van der Waals surface area contributed by atoms with Crippen LogP contribution in [0.15, 0.2) is 53.7 Å². The zero-order chi connectivity index (χ0) is 22.9. The van der Waals surface area contributed by atoms with Crippen LogP contribution in [0.3, 0.4) is 0 Å². The van der Waals surface area contributed by atoms with E-state index in [4.69, 9.17) is 5.73 Å². The molecule has 2 N–H and O–H groups in total. The van der Waals surface area contributed by atoms with Gasteiger partial charge in [0, 0.05) is 24.9 Å². The van der Waals surface area contributed by atoms with Crippen LogP contribution in [0.5, 0.6) is 0 Å². The van der Waals surface area contributed by atoms with Crippen LogP contribution in [0, 0.1) is 13.8 Å². The van der Waals surface area contributed by atoms with Crippen molar-refractivity contribution < 1.29 is 13.2 Å². The SMILES string of the molecule is Cc1cc(C)cc(-c2ncn(/C=C(/C(N)=O)c3ccc(S(=O)(=O)N4CCCC4)cc3)n2)c1. The molecular formula is C23H25N5O3S. The predicted octanol–water partition coefficient (Wildman–Crippen LogP) is 2.83. The molecule has 0 spiro atoms. The molecule has 2 aromatic carbocycles.